The van der Waals surface area contributed by atoms with Gasteiger partial charge in [0.25, 0.3) is 0 Å². The Morgan fingerprint density at radius 2 is 2.19 bits per heavy atom. The number of hydrogen-bond acceptors (Lipinski definition) is 5. The number of hydrogen-bond donors (Lipinski definition) is 1. The summed E-state index contributed by atoms with van der Waals surface area (Å²) in [5, 5.41) is 3.60. The van der Waals surface area contributed by atoms with Crippen LogP contribution in [0.25, 0.3) is 0 Å². The van der Waals surface area contributed by atoms with Crippen LogP contribution in [0.2, 0.25) is 0 Å². The second-order valence-corrected chi connectivity index (χ2v) is 7.72. The number of rotatable bonds is 6. The van der Waals surface area contributed by atoms with E-state index in [0.29, 0.717) is 23.2 Å². The minimum absolute atomic E-state index is 0. The van der Waals surface area contributed by atoms with E-state index in [1.54, 1.807) is 6.20 Å². The Morgan fingerprint density at radius 3 is 2.89 bits per heavy atom. The van der Waals surface area contributed by atoms with Gasteiger partial charge in [0.15, 0.2) is 0 Å². The normalized spacial score (nSPS) is 17.4. The first-order valence-corrected chi connectivity index (χ1v) is 9.94. The molecule has 1 aliphatic heterocycles. The van der Waals surface area contributed by atoms with E-state index in [4.69, 9.17) is 4.98 Å². The Bertz CT molecular complexity index is 813. The Morgan fingerprint density at radius 1 is 1.37 bits per heavy atom. The number of aromatic nitrogens is 2. The summed E-state index contributed by atoms with van der Waals surface area (Å²) in [4.78, 5) is 24.5. The van der Waals surface area contributed by atoms with Crippen molar-refractivity contribution in [2.75, 3.05) is 24.5 Å². The van der Waals surface area contributed by atoms with Gasteiger partial charge >= 0.3 is 0 Å². The molecule has 1 N–H and O–H groups in total. The molecule has 3 heterocycles. The average molecular weight is 371 g/mol. The van der Waals surface area contributed by atoms with Crippen molar-refractivity contribution in [3.05, 3.63) is 53.0 Å². The third-order valence-electron chi connectivity index (χ3n) is 5.15. The van der Waals surface area contributed by atoms with Gasteiger partial charge in [0.05, 0.1) is 0 Å². The number of nitrogens with one attached hydrogen (secondary N) is 1. The summed E-state index contributed by atoms with van der Waals surface area (Å²) in [5.74, 6) is 1.52. The minimum Gasteiger partial charge on any atom is -0.354 e. The molecule has 3 rings (SSSR count). The maximum Gasteiger partial charge on any atom is 0.213 e. The van der Waals surface area contributed by atoms with Gasteiger partial charge in [0.1, 0.15) is 11.5 Å². The maximum atomic E-state index is 13.2. The Labute approximate surface area is 165 Å². The van der Waals surface area contributed by atoms with Crippen molar-refractivity contribution in [2.24, 2.45) is 5.92 Å². The molecule has 148 valence electrons. The van der Waals surface area contributed by atoms with Crippen LogP contribution in [0.4, 0.5) is 5.82 Å². The van der Waals surface area contributed by atoms with Crippen molar-refractivity contribution in [3.63, 3.8) is 0 Å². The molecule has 0 aromatic carbocycles. The van der Waals surface area contributed by atoms with Crippen molar-refractivity contribution in [2.45, 2.75) is 46.6 Å². The average Bonchev–Trinajstić information content (AvgIpc) is 2.67. The van der Waals surface area contributed by atoms with Gasteiger partial charge in [0, 0.05) is 46.0 Å². The molecule has 2 aromatic heterocycles. The van der Waals surface area contributed by atoms with E-state index >= 15 is 0 Å². The SMILES string of the molecule is CCc1ccc(N2CCN[C@@H](CC(C)C)C2)nc1C(=O)c1cccnc1C.[HH].[HH]. The highest BCUT2D eigenvalue weighted by molar-refractivity contribution is 6.09. The topological polar surface area (TPSA) is 58.1 Å². The zero-order chi connectivity index (χ0) is 19.4. The Kier molecular flexibility index (Phi) is 6.22. The van der Waals surface area contributed by atoms with E-state index < -0.39 is 0 Å². The monoisotopic (exact) mass is 370 g/mol. The lowest BCUT2D eigenvalue weighted by molar-refractivity contribution is 0.103. The van der Waals surface area contributed by atoms with Crippen LogP contribution < -0.4 is 10.2 Å². The van der Waals surface area contributed by atoms with E-state index in [1.807, 2.05) is 19.1 Å². The number of carbonyl (C=O) groups is 1. The fourth-order valence-corrected chi connectivity index (χ4v) is 3.75. The molecule has 27 heavy (non-hydrogen) atoms. The quantitative estimate of drug-likeness (QED) is 0.782. The van der Waals surface area contributed by atoms with Crippen molar-refractivity contribution in [1.29, 1.82) is 0 Å². The van der Waals surface area contributed by atoms with Crippen molar-refractivity contribution < 1.29 is 7.65 Å². The number of pyridine rings is 2. The van der Waals surface area contributed by atoms with Crippen LogP contribution in [0, 0.1) is 12.8 Å². The van der Waals surface area contributed by atoms with Crippen molar-refractivity contribution in [1.82, 2.24) is 15.3 Å². The summed E-state index contributed by atoms with van der Waals surface area (Å²) >= 11 is 0. The van der Waals surface area contributed by atoms with Gasteiger partial charge in [-0.3, -0.25) is 9.78 Å². The lowest BCUT2D eigenvalue weighted by Crippen LogP contribution is -2.51. The van der Waals surface area contributed by atoms with Gasteiger partial charge in [-0.25, -0.2) is 4.98 Å². The Hall–Kier alpha value is -2.27. The number of piperazine rings is 1. The van der Waals surface area contributed by atoms with E-state index in [9.17, 15) is 4.79 Å². The Balaban J connectivity index is 0.00000210. The molecule has 1 saturated heterocycles. The summed E-state index contributed by atoms with van der Waals surface area (Å²) in [5.41, 5.74) is 2.93. The molecule has 0 saturated carbocycles. The van der Waals surface area contributed by atoms with E-state index in [0.717, 1.165) is 49.6 Å². The molecule has 0 bridgehead atoms. The summed E-state index contributed by atoms with van der Waals surface area (Å²) in [7, 11) is 0. The fraction of sp³-hybridized carbons (Fsp3) is 0.500. The molecule has 0 spiro atoms. The lowest BCUT2D eigenvalue weighted by atomic mass is 10.0. The predicted molar refractivity (Wildman–Crippen MR) is 114 cm³/mol. The predicted octanol–water partition coefficient (Wildman–Crippen LogP) is 3.89. The van der Waals surface area contributed by atoms with E-state index in [2.05, 4.69) is 48.1 Å². The second kappa shape index (κ2) is 8.61. The fourth-order valence-electron chi connectivity index (χ4n) is 3.75. The zero-order valence-electron chi connectivity index (χ0n) is 16.8. The highest BCUT2D eigenvalue weighted by Crippen LogP contribution is 2.22. The highest BCUT2D eigenvalue weighted by atomic mass is 16.1. The van der Waals surface area contributed by atoms with Crippen LogP contribution in [-0.4, -0.2) is 41.4 Å². The number of nitrogens with zero attached hydrogens (tertiary/aromatic N) is 3. The number of aryl methyl sites for hydroxylation is 2. The molecule has 1 fully saturated rings. The molecule has 5 nitrogen and oxygen atoms in total. The molecular weight excluding hydrogens is 336 g/mol. The number of anilines is 1. The third-order valence-corrected chi connectivity index (χ3v) is 5.15. The highest BCUT2D eigenvalue weighted by Gasteiger charge is 2.23. The summed E-state index contributed by atoms with van der Waals surface area (Å²) in [6.07, 6.45) is 3.64. The molecule has 0 amide bonds. The van der Waals surface area contributed by atoms with Crippen LogP contribution in [0.1, 0.15) is 57.4 Å². The van der Waals surface area contributed by atoms with Crippen LogP contribution in [-0.2, 0) is 6.42 Å². The summed E-state index contributed by atoms with van der Waals surface area (Å²) in [6, 6.07) is 8.22. The molecule has 1 aliphatic rings. The summed E-state index contributed by atoms with van der Waals surface area (Å²) in [6.45, 7) is 11.2. The standard InChI is InChI=1S/C22H30N4O.2H2/c1-5-17-8-9-20(26-12-11-24-18(14-26)13-15(2)3)25-21(17)22(27)19-7-6-10-23-16(19)4;;/h6-10,15,18,24H,5,11-14H2,1-4H3;2*1H/t18-;;/m0../s1. The van der Waals surface area contributed by atoms with E-state index in [1.165, 1.54) is 0 Å². The molecule has 0 unspecified atom stereocenters. The first-order valence-electron chi connectivity index (χ1n) is 9.94. The zero-order valence-corrected chi connectivity index (χ0v) is 16.8. The van der Waals surface area contributed by atoms with Crippen molar-refractivity contribution >= 4 is 11.6 Å². The van der Waals surface area contributed by atoms with Gasteiger partial charge < -0.3 is 10.2 Å². The molecule has 5 heteroatoms. The molecule has 1 atom stereocenters. The third kappa shape index (κ3) is 4.53. The number of ketones is 1. The largest absolute Gasteiger partial charge is 0.354 e. The lowest BCUT2D eigenvalue weighted by Gasteiger charge is -2.35. The van der Waals surface area contributed by atoms with Crippen LogP contribution in [0.3, 0.4) is 0 Å². The van der Waals surface area contributed by atoms with Gasteiger partial charge in [-0.1, -0.05) is 26.8 Å². The van der Waals surface area contributed by atoms with E-state index in [-0.39, 0.29) is 8.64 Å². The van der Waals surface area contributed by atoms with Gasteiger partial charge in [-0.2, -0.15) is 0 Å². The minimum atomic E-state index is -0.0341. The molecule has 2 aromatic rings. The smallest absolute Gasteiger partial charge is 0.213 e. The van der Waals surface area contributed by atoms with Crippen molar-refractivity contribution in [3.8, 4) is 0 Å². The maximum absolute atomic E-state index is 13.2. The molecule has 0 radical (unpaired) electrons. The summed E-state index contributed by atoms with van der Waals surface area (Å²) < 4.78 is 0. The molecule has 0 aliphatic carbocycles. The first kappa shape index (κ1) is 19.5. The van der Waals surface area contributed by atoms with Gasteiger partial charge in [-0.05, 0) is 49.4 Å². The van der Waals surface area contributed by atoms with Crippen LogP contribution >= 0.6 is 0 Å². The molecular formula is C22H34N4O. The number of carbonyl (C=O) groups excluding carboxylic acids is 1. The van der Waals surface area contributed by atoms with Crippen LogP contribution in [0.15, 0.2) is 30.5 Å². The van der Waals surface area contributed by atoms with Crippen LogP contribution in [0.5, 0.6) is 0 Å². The van der Waals surface area contributed by atoms with Gasteiger partial charge in [0.2, 0.25) is 5.78 Å². The first-order chi connectivity index (χ1) is 13.0. The second-order valence-electron chi connectivity index (χ2n) is 7.72. The van der Waals surface area contributed by atoms with Gasteiger partial charge in [-0.15, -0.1) is 0 Å².